The molecule has 0 saturated carbocycles. The van der Waals surface area contributed by atoms with Gasteiger partial charge in [0.25, 0.3) is 0 Å². The van der Waals surface area contributed by atoms with Gasteiger partial charge in [-0.25, -0.2) is 0 Å². The Morgan fingerprint density at radius 1 is 0.519 bits per heavy atom. The van der Waals surface area contributed by atoms with Crippen LogP contribution >= 0.6 is 0 Å². The minimum Gasteiger partial charge on any atom is -0.504 e. The molecule has 0 heterocycles. The summed E-state index contributed by atoms with van der Waals surface area (Å²) in [5, 5.41) is 57.0. The maximum Gasteiger partial charge on any atom is 0.208 e. The first-order valence-electron chi connectivity index (χ1n) is 8.27. The molecule has 0 amide bonds. The normalized spacial score (nSPS) is 11.1. The van der Waals surface area contributed by atoms with Crippen LogP contribution < -0.4 is 5.32 Å². The summed E-state index contributed by atoms with van der Waals surface area (Å²) in [6.07, 6.45) is 0. The Balaban J connectivity index is 2.31. The van der Waals surface area contributed by atoms with E-state index in [0.29, 0.717) is 16.3 Å². The Morgan fingerprint density at radius 2 is 0.889 bits per heavy atom. The predicted molar refractivity (Wildman–Crippen MR) is 105 cm³/mol. The van der Waals surface area contributed by atoms with Gasteiger partial charge in [-0.1, -0.05) is 48.5 Å². The lowest BCUT2D eigenvalue weighted by Gasteiger charge is -2.19. The maximum absolute atomic E-state index is 10.5. The summed E-state index contributed by atoms with van der Waals surface area (Å²) in [4.78, 5) is 0. The third-order valence-corrected chi connectivity index (χ3v) is 4.80. The van der Waals surface area contributed by atoms with Gasteiger partial charge in [-0.15, -0.1) is 0 Å². The summed E-state index contributed by atoms with van der Waals surface area (Å²) in [5.74, 6) is -4.20. The fraction of sp³-hybridized carbons (Fsp3) is 0.0476. The van der Waals surface area contributed by atoms with E-state index in [4.69, 9.17) is 0 Å². The minimum atomic E-state index is -0.978. The summed E-state index contributed by atoms with van der Waals surface area (Å²) in [7, 11) is 1.81. The van der Waals surface area contributed by atoms with Crippen molar-refractivity contribution in [2.24, 2.45) is 0 Å². The second kappa shape index (κ2) is 5.88. The van der Waals surface area contributed by atoms with E-state index in [0.717, 1.165) is 16.5 Å². The number of hydrogen-bond acceptors (Lipinski definition) is 6. The molecule has 0 aliphatic carbocycles. The predicted octanol–water partition coefficient (Wildman–Crippen LogP) is 4.23. The van der Waals surface area contributed by atoms with E-state index in [9.17, 15) is 25.5 Å². The maximum atomic E-state index is 10.5. The molecule has 0 radical (unpaired) electrons. The first kappa shape index (κ1) is 16.7. The van der Waals surface area contributed by atoms with Crippen molar-refractivity contribution >= 4 is 27.2 Å². The third-order valence-electron chi connectivity index (χ3n) is 4.80. The fourth-order valence-corrected chi connectivity index (χ4v) is 3.59. The van der Waals surface area contributed by atoms with Crippen LogP contribution in [0.15, 0.2) is 48.5 Å². The summed E-state index contributed by atoms with van der Waals surface area (Å²) in [5.41, 5.74) is 1.15. The molecule has 0 atom stereocenters. The molecule has 0 aliphatic rings. The molecule has 6 nitrogen and oxygen atoms in total. The third kappa shape index (κ3) is 2.20. The average Bonchev–Trinajstić information content (AvgIpc) is 2.70. The summed E-state index contributed by atoms with van der Waals surface area (Å²) >= 11 is 0. The van der Waals surface area contributed by atoms with Crippen LogP contribution in [-0.4, -0.2) is 32.6 Å². The molecule has 136 valence electrons. The van der Waals surface area contributed by atoms with Crippen molar-refractivity contribution < 1.29 is 25.5 Å². The van der Waals surface area contributed by atoms with E-state index in [-0.39, 0.29) is 5.56 Å². The van der Waals surface area contributed by atoms with Gasteiger partial charge in [0.1, 0.15) is 0 Å². The second-order valence-corrected chi connectivity index (χ2v) is 6.21. The highest BCUT2D eigenvalue weighted by Gasteiger charge is 2.27. The SMILES string of the molecule is CNc1c2ccccc2c(-c2c(O)c(O)c(O)c(O)c2O)c2ccccc12. The minimum absolute atomic E-state index is 0.155. The number of rotatable bonds is 2. The van der Waals surface area contributed by atoms with Gasteiger partial charge in [0.05, 0.1) is 5.56 Å². The van der Waals surface area contributed by atoms with Gasteiger partial charge in [-0.05, 0) is 10.8 Å². The molecule has 0 spiro atoms. The Morgan fingerprint density at radius 3 is 1.30 bits per heavy atom. The van der Waals surface area contributed by atoms with Crippen LogP contribution in [0.25, 0.3) is 32.7 Å². The zero-order valence-electron chi connectivity index (χ0n) is 14.4. The molecule has 4 aromatic rings. The van der Waals surface area contributed by atoms with Crippen molar-refractivity contribution in [1.82, 2.24) is 0 Å². The molecule has 0 aliphatic heterocycles. The molecule has 6 N–H and O–H groups in total. The first-order valence-corrected chi connectivity index (χ1v) is 8.27. The van der Waals surface area contributed by atoms with Gasteiger partial charge in [0, 0.05) is 29.1 Å². The number of phenols is 5. The van der Waals surface area contributed by atoms with Gasteiger partial charge >= 0.3 is 0 Å². The molecule has 0 unspecified atom stereocenters. The molecule has 4 aromatic carbocycles. The lowest BCUT2D eigenvalue weighted by atomic mass is 9.89. The van der Waals surface area contributed by atoms with E-state index < -0.39 is 28.7 Å². The van der Waals surface area contributed by atoms with E-state index >= 15 is 0 Å². The van der Waals surface area contributed by atoms with E-state index in [2.05, 4.69) is 5.32 Å². The number of phenolic OH excluding ortho intramolecular Hbond substituents is 5. The largest absolute Gasteiger partial charge is 0.504 e. The van der Waals surface area contributed by atoms with Crippen molar-refractivity contribution in [3.8, 4) is 39.9 Å². The van der Waals surface area contributed by atoms with Crippen molar-refractivity contribution in [2.45, 2.75) is 0 Å². The number of benzene rings is 4. The average molecular weight is 363 g/mol. The summed E-state index contributed by atoms with van der Waals surface area (Å²) < 4.78 is 0. The topological polar surface area (TPSA) is 113 Å². The number of anilines is 1. The lowest BCUT2D eigenvalue weighted by Crippen LogP contribution is -1.95. The molecular formula is C21H17NO5. The van der Waals surface area contributed by atoms with E-state index in [1.807, 2.05) is 48.5 Å². The Bertz CT molecular complexity index is 1130. The monoisotopic (exact) mass is 363 g/mol. The number of fused-ring (bicyclic) bond motifs is 2. The van der Waals surface area contributed by atoms with E-state index in [1.165, 1.54) is 0 Å². The molecule has 0 bridgehead atoms. The van der Waals surface area contributed by atoms with Gasteiger partial charge in [0.15, 0.2) is 11.5 Å². The van der Waals surface area contributed by atoms with Crippen LogP contribution in [0.3, 0.4) is 0 Å². The zero-order valence-corrected chi connectivity index (χ0v) is 14.4. The molecule has 0 aromatic heterocycles. The van der Waals surface area contributed by atoms with Crippen molar-refractivity contribution in [3.63, 3.8) is 0 Å². The Kier molecular flexibility index (Phi) is 3.63. The molecule has 6 heteroatoms. The van der Waals surface area contributed by atoms with E-state index in [1.54, 1.807) is 7.05 Å². The number of aromatic hydroxyl groups is 5. The fourth-order valence-electron chi connectivity index (χ4n) is 3.59. The Hall–Kier alpha value is -3.80. The smallest absolute Gasteiger partial charge is 0.208 e. The molecule has 0 fully saturated rings. The highest BCUT2D eigenvalue weighted by molar-refractivity contribution is 6.21. The van der Waals surface area contributed by atoms with Crippen LogP contribution in [0.1, 0.15) is 0 Å². The van der Waals surface area contributed by atoms with Crippen LogP contribution in [0, 0.1) is 0 Å². The highest BCUT2D eigenvalue weighted by Crippen LogP contribution is 2.57. The lowest BCUT2D eigenvalue weighted by molar-refractivity contribution is 0.330. The zero-order chi connectivity index (χ0) is 19.3. The number of nitrogens with one attached hydrogen (secondary N) is 1. The second-order valence-electron chi connectivity index (χ2n) is 6.21. The van der Waals surface area contributed by atoms with Gasteiger partial charge in [-0.3, -0.25) is 0 Å². The quantitative estimate of drug-likeness (QED) is 0.180. The van der Waals surface area contributed by atoms with Crippen molar-refractivity contribution in [1.29, 1.82) is 0 Å². The summed E-state index contributed by atoms with van der Waals surface area (Å²) in [6.45, 7) is 0. The van der Waals surface area contributed by atoms with Crippen LogP contribution in [0.2, 0.25) is 0 Å². The standard InChI is InChI=1S/C21H17NO5/c1-22-16-12-8-4-2-6-10(12)14(11-7-3-5-9-13(11)16)15-17(23)19(25)21(27)20(26)18(15)24/h2-9,22-27H,1H3. The number of hydrogen-bond donors (Lipinski definition) is 6. The molecule has 27 heavy (non-hydrogen) atoms. The van der Waals surface area contributed by atoms with Crippen LogP contribution in [0.5, 0.6) is 28.7 Å². The molecule has 0 saturated heterocycles. The first-order chi connectivity index (χ1) is 13.0. The highest BCUT2D eigenvalue weighted by atomic mass is 16.4. The molecular weight excluding hydrogens is 346 g/mol. The van der Waals surface area contributed by atoms with Gasteiger partial charge in [-0.2, -0.15) is 0 Å². The summed E-state index contributed by atoms with van der Waals surface area (Å²) in [6, 6.07) is 14.8. The van der Waals surface area contributed by atoms with Gasteiger partial charge < -0.3 is 30.8 Å². The Labute approximate surface area is 154 Å². The van der Waals surface area contributed by atoms with Crippen molar-refractivity contribution in [2.75, 3.05) is 12.4 Å². The van der Waals surface area contributed by atoms with Gasteiger partial charge in [0.2, 0.25) is 17.2 Å². The van der Waals surface area contributed by atoms with Crippen molar-refractivity contribution in [3.05, 3.63) is 48.5 Å². The van der Waals surface area contributed by atoms with Crippen LogP contribution in [-0.2, 0) is 0 Å². The van der Waals surface area contributed by atoms with Crippen LogP contribution in [0.4, 0.5) is 5.69 Å². The molecule has 4 rings (SSSR count).